The van der Waals surface area contributed by atoms with E-state index in [9.17, 15) is 9.59 Å². The van der Waals surface area contributed by atoms with Gasteiger partial charge in [-0.2, -0.15) is 0 Å². The minimum atomic E-state index is -0.562. The van der Waals surface area contributed by atoms with E-state index in [0.717, 1.165) is 12.8 Å². The normalized spacial score (nSPS) is 14.7. The quantitative estimate of drug-likeness (QED) is 0.792. The Hall–Kier alpha value is -1.55. The lowest BCUT2D eigenvalue weighted by atomic mass is 10.1. The molecule has 0 atom stereocenters. The summed E-state index contributed by atoms with van der Waals surface area (Å²) in [4.78, 5) is 26.0. The Balaban J connectivity index is 2.04. The van der Waals surface area contributed by atoms with Crippen molar-refractivity contribution in [2.75, 3.05) is 6.54 Å². The van der Waals surface area contributed by atoms with Crippen LogP contribution in [0.15, 0.2) is 24.3 Å². The van der Waals surface area contributed by atoms with E-state index in [4.69, 9.17) is 16.3 Å². The maximum atomic E-state index is 12.3. The fourth-order valence-electron chi connectivity index (χ4n) is 1.93. The van der Waals surface area contributed by atoms with Crippen molar-refractivity contribution in [1.82, 2.24) is 4.90 Å². The second-order valence-electron chi connectivity index (χ2n) is 6.27. The van der Waals surface area contributed by atoms with Gasteiger partial charge >= 0.3 is 6.09 Å². The third-order valence-corrected chi connectivity index (χ3v) is 3.35. The number of hydrogen-bond acceptors (Lipinski definition) is 3. The largest absolute Gasteiger partial charge is 0.444 e. The molecule has 0 spiro atoms. The molecule has 1 aromatic carbocycles. The topological polar surface area (TPSA) is 46.6 Å². The average Bonchev–Trinajstić information content (AvgIpc) is 3.18. The fraction of sp³-hybridized carbons (Fsp3) is 0.500. The molecule has 5 heteroatoms. The van der Waals surface area contributed by atoms with Crippen molar-refractivity contribution in [2.45, 2.75) is 45.3 Å². The Morgan fingerprint density at radius 1 is 1.24 bits per heavy atom. The summed E-state index contributed by atoms with van der Waals surface area (Å²) in [6.45, 7) is 5.49. The maximum Gasteiger partial charge on any atom is 0.410 e. The summed E-state index contributed by atoms with van der Waals surface area (Å²) in [5.74, 6) is -0.107. The van der Waals surface area contributed by atoms with Gasteiger partial charge in [-0.15, -0.1) is 0 Å². The van der Waals surface area contributed by atoms with E-state index in [1.54, 1.807) is 24.3 Å². The summed E-state index contributed by atoms with van der Waals surface area (Å²) >= 11 is 5.81. The number of ether oxygens (including phenoxy) is 1. The van der Waals surface area contributed by atoms with Crippen molar-refractivity contribution in [3.63, 3.8) is 0 Å². The molecule has 0 N–H and O–H groups in total. The third-order valence-electron chi connectivity index (χ3n) is 3.10. The Morgan fingerprint density at radius 3 is 2.29 bits per heavy atom. The number of amides is 1. The van der Waals surface area contributed by atoms with Crippen LogP contribution in [-0.4, -0.2) is 35.0 Å². The minimum Gasteiger partial charge on any atom is -0.444 e. The first-order valence-corrected chi connectivity index (χ1v) is 7.42. The van der Waals surface area contributed by atoms with E-state index in [2.05, 4.69) is 0 Å². The second-order valence-corrected chi connectivity index (χ2v) is 6.71. The highest BCUT2D eigenvalue weighted by Gasteiger charge is 2.36. The molecular weight excluding hydrogens is 290 g/mol. The molecular formula is C16H20ClNO3. The number of hydrogen-bond donors (Lipinski definition) is 0. The molecule has 2 rings (SSSR count). The van der Waals surface area contributed by atoms with Gasteiger partial charge < -0.3 is 4.74 Å². The number of ketones is 1. The Labute approximate surface area is 130 Å². The summed E-state index contributed by atoms with van der Waals surface area (Å²) in [6, 6.07) is 6.81. The van der Waals surface area contributed by atoms with Crippen LogP contribution in [0, 0.1) is 0 Å². The van der Waals surface area contributed by atoms with Crippen molar-refractivity contribution in [2.24, 2.45) is 0 Å². The van der Waals surface area contributed by atoms with Gasteiger partial charge in [-0.3, -0.25) is 9.69 Å². The van der Waals surface area contributed by atoms with E-state index in [-0.39, 0.29) is 18.4 Å². The zero-order valence-corrected chi connectivity index (χ0v) is 13.3. The van der Waals surface area contributed by atoms with Crippen LogP contribution >= 0.6 is 11.6 Å². The molecule has 4 nitrogen and oxygen atoms in total. The Morgan fingerprint density at radius 2 is 1.81 bits per heavy atom. The van der Waals surface area contributed by atoms with E-state index in [1.165, 1.54) is 4.90 Å². The Kier molecular flexibility index (Phi) is 4.57. The van der Waals surface area contributed by atoms with Gasteiger partial charge in [0.25, 0.3) is 0 Å². The van der Waals surface area contributed by atoms with Crippen LogP contribution < -0.4 is 0 Å². The van der Waals surface area contributed by atoms with Crippen molar-refractivity contribution in [1.29, 1.82) is 0 Å². The van der Waals surface area contributed by atoms with Crippen LogP contribution in [0.1, 0.15) is 44.0 Å². The SMILES string of the molecule is CC(C)(C)OC(=O)N(CC(=O)c1ccc(Cl)cc1)C1CC1. The molecule has 114 valence electrons. The summed E-state index contributed by atoms with van der Waals surface area (Å²) in [5.41, 5.74) is -0.0123. The van der Waals surface area contributed by atoms with Gasteiger partial charge in [0.15, 0.2) is 5.78 Å². The van der Waals surface area contributed by atoms with Crippen LogP contribution in [0.25, 0.3) is 0 Å². The fourth-order valence-corrected chi connectivity index (χ4v) is 2.06. The lowest BCUT2D eigenvalue weighted by Gasteiger charge is -2.27. The van der Waals surface area contributed by atoms with E-state index < -0.39 is 11.7 Å². The molecule has 0 heterocycles. The molecule has 1 aliphatic rings. The Bertz CT molecular complexity index is 529. The monoisotopic (exact) mass is 309 g/mol. The van der Waals surface area contributed by atoms with Crippen molar-refractivity contribution >= 4 is 23.5 Å². The number of nitrogens with zero attached hydrogens (tertiary/aromatic N) is 1. The summed E-state index contributed by atoms with van der Waals surface area (Å²) in [7, 11) is 0. The van der Waals surface area contributed by atoms with Gasteiger partial charge in [0.05, 0.1) is 6.54 Å². The average molecular weight is 310 g/mol. The molecule has 1 amide bonds. The number of rotatable bonds is 4. The van der Waals surface area contributed by atoms with Crippen LogP contribution in [0.2, 0.25) is 5.02 Å². The summed E-state index contributed by atoms with van der Waals surface area (Å²) in [6.07, 6.45) is 1.42. The maximum absolute atomic E-state index is 12.3. The molecule has 0 unspecified atom stereocenters. The first-order valence-electron chi connectivity index (χ1n) is 7.04. The molecule has 1 aromatic rings. The van der Waals surface area contributed by atoms with Gasteiger partial charge in [-0.25, -0.2) is 4.79 Å². The lowest BCUT2D eigenvalue weighted by molar-refractivity contribution is 0.0232. The number of benzene rings is 1. The highest BCUT2D eigenvalue weighted by molar-refractivity contribution is 6.30. The predicted octanol–water partition coefficient (Wildman–Crippen LogP) is 3.92. The molecule has 1 fully saturated rings. The van der Waals surface area contributed by atoms with Gasteiger partial charge in [0.1, 0.15) is 5.60 Å². The third kappa shape index (κ3) is 4.74. The lowest BCUT2D eigenvalue weighted by Crippen LogP contribution is -2.41. The minimum absolute atomic E-state index is 0.0429. The highest BCUT2D eigenvalue weighted by atomic mass is 35.5. The molecule has 21 heavy (non-hydrogen) atoms. The summed E-state index contributed by atoms with van der Waals surface area (Å²) < 4.78 is 5.37. The van der Waals surface area contributed by atoms with Gasteiger partial charge in [0.2, 0.25) is 0 Å². The predicted molar refractivity (Wildman–Crippen MR) is 81.7 cm³/mol. The van der Waals surface area contributed by atoms with Crippen LogP contribution in [0.3, 0.4) is 0 Å². The van der Waals surface area contributed by atoms with E-state index >= 15 is 0 Å². The van der Waals surface area contributed by atoms with E-state index in [1.807, 2.05) is 20.8 Å². The van der Waals surface area contributed by atoms with Gasteiger partial charge in [-0.1, -0.05) is 11.6 Å². The first-order chi connectivity index (χ1) is 9.76. The zero-order chi connectivity index (χ0) is 15.6. The summed E-state index contributed by atoms with van der Waals surface area (Å²) in [5, 5.41) is 0.581. The standard InChI is InChI=1S/C16H20ClNO3/c1-16(2,3)21-15(20)18(13-8-9-13)10-14(19)11-4-6-12(17)7-5-11/h4-7,13H,8-10H2,1-3H3. The first kappa shape index (κ1) is 15.8. The number of carbonyl (C=O) groups excluding carboxylic acids is 2. The van der Waals surface area contributed by atoms with Crippen LogP contribution in [0.5, 0.6) is 0 Å². The van der Waals surface area contributed by atoms with E-state index in [0.29, 0.717) is 10.6 Å². The zero-order valence-electron chi connectivity index (χ0n) is 12.6. The number of Topliss-reactive ketones (excluding diaryl/α,β-unsaturated/α-hetero) is 1. The smallest absolute Gasteiger partial charge is 0.410 e. The van der Waals surface area contributed by atoms with Crippen molar-refractivity contribution in [3.8, 4) is 0 Å². The van der Waals surface area contributed by atoms with Crippen molar-refractivity contribution in [3.05, 3.63) is 34.9 Å². The molecule has 0 radical (unpaired) electrons. The van der Waals surface area contributed by atoms with Gasteiger partial charge in [0, 0.05) is 16.6 Å². The molecule has 0 saturated heterocycles. The van der Waals surface area contributed by atoms with Gasteiger partial charge in [-0.05, 0) is 57.9 Å². The molecule has 0 aliphatic heterocycles. The molecule has 0 aromatic heterocycles. The van der Waals surface area contributed by atoms with Crippen LogP contribution in [0.4, 0.5) is 4.79 Å². The molecule has 1 aliphatic carbocycles. The number of halogens is 1. The molecule has 0 bridgehead atoms. The second kappa shape index (κ2) is 6.06. The molecule has 1 saturated carbocycles. The highest BCUT2D eigenvalue weighted by Crippen LogP contribution is 2.28. The van der Waals surface area contributed by atoms with Crippen molar-refractivity contribution < 1.29 is 14.3 Å². The van der Waals surface area contributed by atoms with Crippen LogP contribution in [-0.2, 0) is 4.74 Å². The number of carbonyl (C=O) groups is 2.